The molecule has 5 heteroatoms. The number of aromatic nitrogens is 3. The topological polar surface area (TPSA) is 68.0 Å². The van der Waals surface area contributed by atoms with E-state index in [9.17, 15) is 4.79 Å². The first-order chi connectivity index (χ1) is 8.91. The summed E-state index contributed by atoms with van der Waals surface area (Å²) in [6.45, 7) is 8.08. The van der Waals surface area contributed by atoms with Crippen molar-refractivity contribution in [1.82, 2.24) is 14.8 Å². The van der Waals surface area contributed by atoms with Gasteiger partial charge in [0, 0.05) is 23.5 Å². The van der Waals surface area contributed by atoms with Gasteiger partial charge in [0.15, 0.2) is 5.65 Å². The minimum atomic E-state index is -0.781. The zero-order chi connectivity index (χ0) is 14.2. The summed E-state index contributed by atoms with van der Waals surface area (Å²) in [5, 5.41) is 14.2. The van der Waals surface area contributed by atoms with E-state index in [4.69, 9.17) is 5.11 Å². The van der Waals surface area contributed by atoms with Crippen LogP contribution in [0.5, 0.6) is 0 Å². The summed E-state index contributed by atoms with van der Waals surface area (Å²) < 4.78 is 1.90. The molecule has 0 unspecified atom stereocenters. The largest absolute Gasteiger partial charge is 0.481 e. The van der Waals surface area contributed by atoms with Crippen molar-refractivity contribution in [1.29, 1.82) is 0 Å². The molecule has 0 fully saturated rings. The monoisotopic (exact) mass is 261 g/mol. The van der Waals surface area contributed by atoms with Gasteiger partial charge in [-0.05, 0) is 45.2 Å². The van der Waals surface area contributed by atoms with Crippen LogP contribution in [0.3, 0.4) is 0 Å². The van der Waals surface area contributed by atoms with Crippen molar-refractivity contribution in [2.45, 2.75) is 46.6 Å². The van der Waals surface area contributed by atoms with E-state index in [1.54, 1.807) is 0 Å². The number of nitrogens with zero attached hydrogens (tertiary/aromatic N) is 3. The molecular formula is C14H19N3O2. The van der Waals surface area contributed by atoms with E-state index in [0.717, 1.165) is 27.9 Å². The molecule has 102 valence electrons. The number of aliphatic carboxylic acids is 1. The van der Waals surface area contributed by atoms with Gasteiger partial charge < -0.3 is 5.11 Å². The van der Waals surface area contributed by atoms with Gasteiger partial charge in [-0.25, -0.2) is 9.67 Å². The first-order valence-corrected chi connectivity index (χ1v) is 6.47. The molecule has 1 N–H and O–H groups in total. The lowest BCUT2D eigenvalue weighted by Crippen LogP contribution is -2.07. The van der Waals surface area contributed by atoms with Gasteiger partial charge in [-0.2, -0.15) is 5.10 Å². The molecule has 0 aliphatic heterocycles. The number of carboxylic acid groups (broad SMARTS) is 1. The maximum absolute atomic E-state index is 10.7. The fraction of sp³-hybridized carbons (Fsp3) is 0.500. The van der Waals surface area contributed by atoms with E-state index in [2.05, 4.69) is 23.9 Å². The third-order valence-corrected chi connectivity index (χ3v) is 3.41. The Morgan fingerprint density at radius 2 is 2.11 bits per heavy atom. The highest BCUT2D eigenvalue weighted by Crippen LogP contribution is 2.25. The van der Waals surface area contributed by atoms with E-state index in [0.29, 0.717) is 6.42 Å². The molecule has 0 aliphatic rings. The average molecular weight is 261 g/mol. The number of pyridine rings is 1. The van der Waals surface area contributed by atoms with Crippen molar-refractivity contribution in [2.24, 2.45) is 0 Å². The van der Waals surface area contributed by atoms with E-state index >= 15 is 0 Å². The first-order valence-electron chi connectivity index (χ1n) is 6.47. The Kier molecular flexibility index (Phi) is 3.55. The third-order valence-electron chi connectivity index (χ3n) is 3.41. The van der Waals surface area contributed by atoms with Crippen molar-refractivity contribution < 1.29 is 9.90 Å². The van der Waals surface area contributed by atoms with Crippen molar-refractivity contribution in [3.05, 3.63) is 23.0 Å². The van der Waals surface area contributed by atoms with Crippen LogP contribution in [-0.4, -0.2) is 25.8 Å². The van der Waals surface area contributed by atoms with Crippen LogP contribution in [0.4, 0.5) is 0 Å². The standard InChI is InChI=1S/C14H19N3O2/c1-8(2)17-14-12(7-15-17)9(3)11(10(4)16-14)5-6-13(18)19/h7-8H,5-6H2,1-4H3,(H,18,19). The molecule has 0 bridgehead atoms. The second-order valence-corrected chi connectivity index (χ2v) is 5.11. The second kappa shape index (κ2) is 4.99. The fourth-order valence-electron chi connectivity index (χ4n) is 2.37. The average Bonchev–Trinajstić information content (AvgIpc) is 2.72. The molecule has 0 saturated heterocycles. The lowest BCUT2D eigenvalue weighted by molar-refractivity contribution is -0.136. The van der Waals surface area contributed by atoms with E-state index in [1.165, 1.54) is 0 Å². The van der Waals surface area contributed by atoms with Crippen molar-refractivity contribution in [3.8, 4) is 0 Å². The van der Waals surface area contributed by atoms with Crippen molar-refractivity contribution in [2.75, 3.05) is 0 Å². The molecule has 0 aromatic carbocycles. The van der Waals surface area contributed by atoms with Gasteiger partial charge in [-0.1, -0.05) is 0 Å². The number of aryl methyl sites for hydroxylation is 2. The van der Waals surface area contributed by atoms with Crippen LogP contribution < -0.4 is 0 Å². The third kappa shape index (κ3) is 2.45. The van der Waals surface area contributed by atoms with Gasteiger partial charge >= 0.3 is 5.97 Å². The summed E-state index contributed by atoms with van der Waals surface area (Å²) in [7, 11) is 0. The molecular weight excluding hydrogens is 242 g/mol. The van der Waals surface area contributed by atoms with Crippen LogP contribution in [0.15, 0.2) is 6.20 Å². The number of rotatable bonds is 4. The zero-order valence-electron chi connectivity index (χ0n) is 11.8. The molecule has 0 radical (unpaired) electrons. The van der Waals surface area contributed by atoms with Gasteiger partial charge in [0.05, 0.1) is 6.20 Å². The minimum absolute atomic E-state index is 0.132. The molecule has 0 atom stereocenters. The number of fused-ring (bicyclic) bond motifs is 1. The number of carboxylic acids is 1. The summed E-state index contributed by atoms with van der Waals surface area (Å²) in [5.74, 6) is -0.781. The predicted octanol–water partition coefficient (Wildman–Crippen LogP) is 2.65. The van der Waals surface area contributed by atoms with Crippen LogP contribution in [0, 0.1) is 13.8 Å². The molecule has 0 spiro atoms. The molecule has 0 saturated carbocycles. The van der Waals surface area contributed by atoms with E-state index in [-0.39, 0.29) is 12.5 Å². The van der Waals surface area contributed by atoms with Gasteiger partial charge in [-0.3, -0.25) is 4.79 Å². The highest BCUT2D eigenvalue weighted by Gasteiger charge is 2.15. The Morgan fingerprint density at radius 3 is 2.68 bits per heavy atom. The molecule has 2 aromatic rings. The smallest absolute Gasteiger partial charge is 0.303 e. The maximum atomic E-state index is 10.7. The molecule has 2 aromatic heterocycles. The molecule has 2 heterocycles. The lowest BCUT2D eigenvalue weighted by atomic mass is 10.0. The predicted molar refractivity (Wildman–Crippen MR) is 73.3 cm³/mol. The fourth-order valence-corrected chi connectivity index (χ4v) is 2.37. The maximum Gasteiger partial charge on any atom is 0.303 e. The zero-order valence-corrected chi connectivity index (χ0v) is 11.8. The quantitative estimate of drug-likeness (QED) is 0.918. The van der Waals surface area contributed by atoms with Crippen LogP contribution in [-0.2, 0) is 11.2 Å². The van der Waals surface area contributed by atoms with E-state index in [1.807, 2.05) is 24.7 Å². The number of hydrogen-bond donors (Lipinski definition) is 1. The Bertz CT molecular complexity index is 629. The van der Waals surface area contributed by atoms with Gasteiger partial charge in [0.1, 0.15) is 0 Å². The summed E-state index contributed by atoms with van der Waals surface area (Å²) in [6.07, 6.45) is 2.47. The molecule has 19 heavy (non-hydrogen) atoms. The first kappa shape index (κ1) is 13.5. The van der Waals surface area contributed by atoms with Gasteiger partial charge in [0.2, 0.25) is 0 Å². The summed E-state index contributed by atoms with van der Waals surface area (Å²) in [6, 6.07) is 0.258. The second-order valence-electron chi connectivity index (χ2n) is 5.11. The minimum Gasteiger partial charge on any atom is -0.481 e. The Balaban J connectivity index is 2.54. The van der Waals surface area contributed by atoms with E-state index < -0.39 is 5.97 Å². The van der Waals surface area contributed by atoms with Crippen LogP contribution in [0.2, 0.25) is 0 Å². The normalized spacial score (nSPS) is 11.4. The molecule has 5 nitrogen and oxygen atoms in total. The SMILES string of the molecule is Cc1nc2c(cnn2C(C)C)c(C)c1CCC(=O)O. The van der Waals surface area contributed by atoms with Crippen LogP contribution in [0.25, 0.3) is 11.0 Å². The number of hydrogen-bond acceptors (Lipinski definition) is 3. The Hall–Kier alpha value is -1.91. The van der Waals surface area contributed by atoms with Crippen molar-refractivity contribution >= 4 is 17.0 Å². The molecule has 0 amide bonds. The Labute approximate surface area is 112 Å². The van der Waals surface area contributed by atoms with Gasteiger partial charge in [-0.15, -0.1) is 0 Å². The lowest BCUT2D eigenvalue weighted by Gasteiger charge is -2.11. The van der Waals surface area contributed by atoms with Crippen LogP contribution >= 0.6 is 0 Å². The summed E-state index contributed by atoms with van der Waals surface area (Å²) in [4.78, 5) is 15.3. The molecule has 0 aliphatic carbocycles. The summed E-state index contributed by atoms with van der Waals surface area (Å²) in [5.41, 5.74) is 3.89. The van der Waals surface area contributed by atoms with Crippen LogP contribution in [0.1, 0.15) is 43.1 Å². The van der Waals surface area contributed by atoms with Gasteiger partial charge in [0.25, 0.3) is 0 Å². The van der Waals surface area contributed by atoms with Crippen molar-refractivity contribution in [3.63, 3.8) is 0 Å². The Morgan fingerprint density at radius 1 is 1.42 bits per heavy atom. The highest BCUT2D eigenvalue weighted by atomic mass is 16.4. The molecule has 2 rings (SSSR count). The highest BCUT2D eigenvalue weighted by molar-refractivity contribution is 5.80. The summed E-state index contributed by atoms with van der Waals surface area (Å²) >= 11 is 0. The number of carbonyl (C=O) groups is 1.